The molecule has 0 unspecified atom stereocenters. The summed E-state index contributed by atoms with van der Waals surface area (Å²) in [7, 11) is 0. The van der Waals surface area contributed by atoms with Crippen molar-refractivity contribution in [2.45, 2.75) is 32.6 Å². The maximum absolute atomic E-state index is 14.5. The molecule has 1 heterocycles. The monoisotopic (exact) mass is 399 g/mol. The minimum Gasteiger partial charge on any atom is -0.236 e. The number of hydrogen-bond acceptors (Lipinski definition) is 3. The molecule has 0 saturated heterocycles. The van der Waals surface area contributed by atoms with Crippen LogP contribution in [0, 0.1) is 34.6 Å². The number of rotatable bonds is 6. The number of unbranched alkanes of at least 4 members (excludes halogenated alkanes) is 2. The fraction of sp³-hybridized carbons (Fsp3) is 0.227. The molecular formula is C22H17F4N3. The predicted molar refractivity (Wildman–Crippen MR) is 101 cm³/mol. The van der Waals surface area contributed by atoms with Crippen molar-refractivity contribution in [3.8, 4) is 28.6 Å². The van der Waals surface area contributed by atoms with Crippen LogP contribution in [0.25, 0.3) is 22.5 Å². The molecule has 148 valence electrons. The van der Waals surface area contributed by atoms with Gasteiger partial charge in [-0.25, -0.2) is 27.5 Å². The van der Waals surface area contributed by atoms with Gasteiger partial charge in [0.15, 0.2) is 5.82 Å². The van der Waals surface area contributed by atoms with E-state index in [1.165, 1.54) is 30.6 Å². The van der Waals surface area contributed by atoms with Crippen LogP contribution in [0.2, 0.25) is 0 Å². The van der Waals surface area contributed by atoms with Crippen molar-refractivity contribution in [3.05, 3.63) is 71.1 Å². The highest BCUT2D eigenvalue weighted by Crippen LogP contribution is 2.28. The zero-order valence-electron chi connectivity index (χ0n) is 15.6. The molecule has 2 aromatic carbocycles. The summed E-state index contributed by atoms with van der Waals surface area (Å²) >= 11 is 0. The molecule has 29 heavy (non-hydrogen) atoms. The van der Waals surface area contributed by atoms with Crippen molar-refractivity contribution in [1.82, 2.24) is 9.97 Å². The molecule has 7 heteroatoms. The number of benzene rings is 2. The Morgan fingerprint density at radius 3 is 1.93 bits per heavy atom. The van der Waals surface area contributed by atoms with Crippen LogP contribution in [0.5, 0.6) is 0 Å². The first-order chi connectivity index (χ1) is 13.9. The largest absolute Gasteiger partial charge is 0.236 e. The summed E-state index contributed by atoms with van der Waals surface area (Å²) in [6, 6.07) is 5.90. The number of aromatic nitrogens is 2. The molecule has 1 aromatic heterocycles. The molecule has 0 radical (unpaired) electrons. The van der Waals surface area contributed by atoms with E-state index in [9.17, 15) is 17.6 Å². The molecule has 0 N–H and O–H groups in total. The van der Waals surface area contributed by atoms with Gasteiger partial charge in [-0.1, -0.05) is 19.8 Å². The molecule has 0 atom stereocenters. The number of aryl methyl sites for hydroxylation is 1. The first-order valence-corrected chi connectivity index (χ1v) is 9.14. The Kier molecular flexibility index (Phi) is 6.23. The summed E-state index contributed by atoms with van der Waals surface area (Å²) in [4.78, 5) is 7.94. The van der Waals surface area contributed by atoms with Crippen molar-refractivity contribution >= 4 is 0 Å². The third-order valence-corrected chi connectivity index (χ3v) is 4.52. The Hall–Kier alpha value is -3.27. The van der Waals surface area contributed by atoms with Gasteiger partial charge in [-0.15, -0.1) is 0 Å². The lowest BCUT2D eigenvalue weighted by molar-refractivity contribution is 0.577. The van der Waals surface area contributed by atoms with Crippen molar-refractivity contribution < 1.29 is 17.6 Å². The summed E-state index contributed by atoms with van der Waals surface area (Å²) in [6.07, 6.45) is 5.82. The van der Waals surface area contributed by atoms with Crippen LogP contribution in [0.1, 0.15) is 37.3 Å². The van der Waals surface area contributed by atoms with Gasteiger partial charge in [0.25, 0.3) is 0 Å². The van der Waals surface area contributed by atoms with Crippen LogP contribution in [-0.4, -0.2) is 9.97 Å². The van der Waals surface area contributed by atoms with Gasteiger partial charge in [0.05, 0.1) is 5.56 Å². The van der Waals surface area contributed by atoms with E-state index in [1.807, 2.05) is 0 Å². The Morgan fingerprint density at radius 2 is 1.41 bits per heavy atom. The summed E-state index contributed by atoms with van der Waals surface area (Å²) < 4.78 is 56.5. The van der Waals surface area contributed by atoms with Gasteiger partial charge in [0, 0.05) is 23.5 Å². The molecule has 3 aromatic rings. The number of nitrogens with zero attached hydrogens (tertiary/aromatic N) is 3. The fourth-order valence-electron chi connectivity index (χ4n) is 3.04. The van der Waals surface area contributed by atoms with Crippen LogP contribution in [0.3, 0.4) is 0 Å². The van der Waals surface area contributed by atoms with Gasteiger partial charge in [-0.05, 0) is 42.7 Å². The minimum atomic E-state index is -1.04. The fourth-order valence-corrected chi connectivity index (χ4v) is 3.04. The highest BCUT2D eigenvalue weighted by molar-refractivity contribution is 5.65. The molecule has 0 aliphatic heterocycles. The van der Waals surface area contributed by atoms with Crippen molar-refractivity contribution in [1.29, 1.82) is 5.26 Å². The zero-order chi connectivity index (χ0) is 21.0. The lowest BCUT2D eigenvalue weighted by Crippen LogP contribution is -1.98. The van der Waals surface area contributed by atoms with Crippen LogP contribution in [0.15, 0.2) is 36.7 Å². The second-order valence-electron chi connectivity index (χ2n) is 6.61. The Balaban J connectivity index is 1.90. The van der Waals surface area contributed by atoms with Gasteiger partial charge in [0.1, 0.15) is 34.9 Å². The number of halogens is 4. The van der Waals surface area contributed by atoms with Crippen molar-refractivity contribution in [3.63, 3.8) is 0 Å². The Morgan fingerprint density at radius 1 is 0.828 bits per heavy atom. The van der Waals surface area contributed by atoms with E-state index < -0.39 is 28.8 Å². The quantitative estimate of drug-likeness (QED) is 0.379. The van der Waals surface area contributed by atoms with Gasteiger partial charge >= 0.3 is 0 Å². The molecule has 0 spiro atoms. The molecule has 0 aliphatic carbocycles. The third kappa shape index (κ3) is 4.43. The summed E-state index contributed by atoms with van der Waals surface area (Å²) in [6.45, 7) is 2.05. The standard InChI is InChI=1S/C22H17F4N3/c1-2-3-4-5-13-6-19(25)21(20(26)7-13)15-11-28-22(29-12-15)14-8-17(23)16(10-27)18(24)9-14/h6-9,11-12H,2-5H2,1H3. The SMILES string of the molecule is CCCCCc1cc(F)c(-c2cnc(-c3cc(F)c(C#N)c(F)c3)nc2)c(F)c1. The average molecular weight is 399 g/mol. The van der Waals surface area contributed by atoms with Crippen LogP contribution >= 0.6 is 0 Å². The molecule has 0 bridgehead atoms. The van der Waals surface area contributed by atoms with Crippen molar-refractivity contribution in [2.24, 2.45) is 0 Å². The number of hydrogen-bond donors (Lipinski definition) is 0. The Labute approximate surface area is 165 Å². The first-order valence-electron chi connectivity index (χ1n) is 9.14. The third-order valence-electron chi connectivity index (χ3n) is 4.52. The van der Waals surface area contributed by atoms with Gasteiger partial charge in [-0.2, -0.15) is 5.26 Å². The van der Waals surface area contributed by atoms with E-state index >= 15 is 0 Å². The molecular weight excluding hydrogens is 382 g/mol. The molecule has 0 fully saturated rings. The molecule has 3 rings (SSSR count). The van der Waals surface area contributed by atoms with Crippen LogP contribution < -0.4 is 0 Å². The highest BCUT2D eigenvalue weighted by Gasteiger charge is 2.16. The lowest BCUT2D eigenvalue weighted by atomic mass is 10.0. The summed E-state index contributed by atoms with van der Waals surface area (Å²) in [5.74, 6) is -3.54. The topological polar surface area (TPSA) is 49.6 Å². The second kappa shape index (κ2) is 8.82. The minimum absolute atomic E-state index is 0.0118. The van der Waals surface area contributed by atoms with E-state index in [4.69, 9.17) is 5.26 Å². The summed E-state index contributed by atoms with van der Waals surface area (Å²) in [5, 5.41) is 8.72. The van der Waals surface area contributed by atoms with Crippen molar-refractivity contribution in [2.75, 3.05) is 0 Å². The average Bonchev–Trinajstić information content (AvgIpc) is 2.68. The molecule has 0 amide bonds. The number of nitriles is 1. The summed E-state index contributed by atoms with van der Waals surface area (Å²) in [5.41, 5.74) is -0.254. The molecule has 3 nitrogen and oxygen atoms in total. The zero-order valence-corrected chi connectivity index (χ0v) is 15.6. The van der Waals surface area contributed by atoms with E-state index in [0.717, 1.165) is 31.4 Å². The maximum Gasteiger partial charge on any atom is 0.159 e. The first kappa shape index (κ1) is 20.5. The van der Waals surface area contributed by atoms with E-state index in [2.05, 4.69) is 16.9 Å². The van der Waals surface area contributed by atoms with E-state index in [0.29, 0.717) is 12.0 Å². The van der Waals surface area contributed by atoms with Gasteiger partial charge in [-0.3, -0.25) is 0 Å². The van der Waals surface area contributed by atoms with Crippen LogP contribution in [-0.2, 0) is 6.42 Å². The smallest absolute Gasteiger partial charge is 0.159 e. The van der Waals surface area contributed by atoms with E-state index in [-0.39, 0.29) is 22.5 Å². The highest BCUT2D eigenvalue weighted by atomic mass is 19.1. The molecule has 0 aliphatic rings. The van der Waals surface area contributed by atoms with E-state index in [1.54, 1.807) is 0 Å². The lowest BCUT2D eigenvalue weighted by Gasteiger charge is -2.09. The Bertz CT molecular complexity index is 1030. The second-order valence-corrected chi connectivity index (χ2v) is 6.61. The van der Waals surface area contributed by atoms with Gasteiger partial charge in [0.2, 0.25) is 0 Å². The van der Waals surface area contributed by atoms with Crippen LogP contribution in [0.4, 0.5) is 17.6 Å². The normalized spacial score (nSPS) is 10.8. The predicted octanol–water partition coefficient (Wildman–Crippen LogP) is 5.97. The molecule has 0 saturated carbocycles. The van der Waals surface area contributed by atoms with Gasteiger partial charge < -0.3 is 0 Å². The maximum atomic E-state index is 14.5.